The molecule has 0 bridgehead atoms. The molecular formula is C25H36N4O4. The van der Waals surface area contributed by atoms with Crippen molar-refractivity contribution in [2.45, 2.75) is 58.9 Å². The summed E-state index contributed by atoms with van der Waals surface area (Å²) in [5.41, 5.74) is 0.656. The van der Waals surface area contributed by atoms with Gasteiger partial charge in [0.25, 0.3) is 5.91 Å². The third kappa shape index (κ3) is 5.92. The first-order valence-corrected chi connectivity index (χ1v) is 11.9. The van der Waals surface area contributed by atoms with Crippen molar-refractivity contribution in [2.24, 2.45) is 11.8 Å². The second kappa shape index (κ2) is 10.4. The van der Waals surface area contributed by atoms with Crippen LogP contribution in [0.25, 0.3) is 0 Å². The maximum absolute atomic E-state index is 13.0. The number of likely N-dealkylation sites (tertiary alicyclic amines) is 2. The molecule has 0 saturated carbocycles. The lowest BCUT2D eigenvalue weighted by atomic mass is 9.94. The van der Waals surface area contributed by atoms with Gasteiger partial charge < -0.3 is 20.4 Å². The Hall–Kier alpha value is -2.90. The van der Waals surface area contributed by atoms with Crippen LogP contribution in [0.2, 0.25) is 0 Å². The molecule has 0 spiro atoms. The minimum absolute atomic E-state index is 0.00639. The predicted octanol–water partition coefficient (Wildman–Crippen LogP) is 2.65. The van der Waals surface area contributed by atoms with E-state index in [0.29, 0.717) is 50.3 Å². The van der Waals surface area contributed by atoms with E-state index in [1.165, 1.54) is 0 Å². The van der Waals surface area contributed by atoms with E-state index >= 15 is 0 Å². The highest BCUT2D eigenvalue weighted by Crippen LogP contribution is 2.29. The molecule has 8 nitrogen and oxygen atoms in total. The Morgan fingerprint density at radius 3 is 2.33 bits per heavy atom. The largest absolute Gasteiger partial charge is 0.352 e. The minimum Gasteiger partial charge on any atom is -0.352 e. The van der Waals surface area contributed by atoms with Crippen LogP contribution in [0.3, 0.4) is 0 Å². The topological polar surface area (TPSA) is 98.8 Å². The van der Waals surface area contributed by atoms with Crippen molar-refractivity contribution in [3.63, 3.8) is 0 Å². The maximum atomic E-state index is 13.0. The van der Waals surface area contributed by atoms with Gasteiger partial charge in [0.15, 0.2) is 0 Å². The Kier molecular flexibility index (Phi) is 7.76. The number of nitrogens with one attached hydrogen (secondary N) is 2. The standard InChI is InChI=1S/C25H36N4O4/c1-5-12-26-23(32)19-8-6-7-9-20(19)27-22(31)17-10-13-28(14-11-17)24(33)18-15-21(30)29(16-18)25(2,3)4/h6-9,17-18H,5,10-16H2,1-4H3,(H,26,32)(H,27,31). The van der Waals surface area contributed by atoms with Crippen LogP contribution in [-0.2, 0) is 14.4 Å². The molecule has 2 aliphatic rings. The van der Waals surface area contributed by atoms with Crippen LogP contribution in [-0.4, -0.2) is 65.1 Å². The van der Waals surface area contributed by atoms with E-state index < -0.39 is 0 Å². The molecule has 2 saturated heterocycles. The molecule has 180 valence electrons. The van der Waals surface area contributed by atoms with Crippen molar-refractivity contribution >= 4 is 29.3 Å². The zero-order chi connectivity index (χ0) is 24.2. The van der Waals surface area contributed by atoms with Crippen LogP contribution in [0.4, 0.5) is 5.69 Å². The van der Waals surface area contributed by atoms with Crippen molar-refractivity contribution in [1.29, 1.82) is 0 Å². The number of para-hydroxylation sites is 1. The van der Waals surface area contributed by atoms with Gasteiger partial charge in [0.05, 0.1) is 17.2 Å². The summed E-state index contributed by atoms with van der Waals surface area (Å²) in [4.78, 5) is 54.2. The monoisotopic (exact) mass is 456 g/mol. The fourth-order valence-electron chi connectivity index (χ4n) is 4.50. The highest BCUT2D eigenvalue weighted by atomic mass is 16.2. The van der Waals surface area contributed by atoms with Gasteiger partial charge in [-0.25, -0.2) is 0 Å². The average Bonchev–Trinajstić information content (AvgIpc) is 3.19. The molecule has 33 heavy (non-hydrogen) atoms. The molecular weight excluding hydrogens is 420 g/mol. The van der Waals surface area contributed by atoms with Gasteiger partial charge in [-0.2, -0.15) is 0 Å². The van der Waals surface area contributed by atoms with Gasteiger partial charge in [-0.1, -0.05) is 19.1 Å². The van der Waals surface area contributed by atoms with E-state index in [4.69, 9.17) is 0 Å². The number of nitrogens with zero attached hydrogens (tertiary/aromatic N) is 2. The normalized spacial score (nSPS) is 19.5. The van der Waals surface area contributed by atoms with E-state index in [-0.39, 0.29) is 47.4 Å². The number of rotatable bonds is 6. The zero-order valence-corrected chi connectivity index (χ0v) is 20.1. The van der Waals surface area contributed by atoms with Crippen molar-refractivity contribution < 1.29 is 19.2 Å². The van der Waals surface area contributed by atoms with Crippen molar-refractivity contribution in [3.8, 4) is 0 Å². The predicted molar refractivity (Wildman–Crippen MR) is 127 cm³/mol. The highest BCUT2D eigenvalue weighted by molar-refractivity contribution is 6.04. The fraction of sp³-hybridized carbons (Fsp3) is 0.600. The Bertz CT molecular complexity index is 900. The Morgan fingerprint density at radius 1 is 1.06 bits per heavy atom. The Morgan fingerprint density at radius 2 is 1.73 bits per heavy atom. The Labute approximate surface area is 196 Å². The summed E-state index contributed by atoms with van der Waals surface area (Å²) in [6.07, 6.45) is 2.21. The first-order valence-electron chi connectivity index (χ1n) is 11.9. The van der Waals surface area contributed by atoms with Crippen LogP contribution in [0.1, 0.15) is 63.7 Å². The van der Waals surface area contributed by atoms with Crippen molar-refractivity contribution in [3.05, 3.63) is 29.8 Å². The lowest BCUT2D eigenvalue weighted by molar-refractivity contribution is -0.138. The summed E-state index contributed by atoms with van der Waals surface area (Å²) in [5.74, 6) is -0.840. The lowest BCUT2D eigenvalue weighted by Crippen LogP contribution is -2.46. The second-order valence-electron chi connectivity index (χ2n) is 9.97. The summed E-state index contributed by atoms with van der Waals surface area (Å²) < 4.78 is 0. The number of carbonyl (C=O) groups is 4. The van der Waals surface area contributed by atoms with E-state index in [1.807, 2.05) is 27.7 Å². The molecule has 1 unspecified atom stereocenters. The molecule has 2 aliphatic heterocycles. The number of hydrogen-bond acceptors (Lipinski definition) is 4. The summed E-state index contributed by atoms with van der Waals surface area (Å²) >= 11 is 0. The third-order valence-electron chi connectivity index (χ3n) is 6.43. The van der Waals surface area contributed by atoms with Crippen molar-refractivity contribution in [2.75, 3.05) is 31.5 Å². The molecule has 0 aliphatic carbocycles. The average molecular weight is 457 g/mol. The molecule has 8 heteroatoms. The van der Waals surface area contributed by atoms with E-state index in [0.717, 1.165) is 6.42 Å². The third-order valence-corrected chi connectivity index (χ3v) is 6.43. The molecule has 1 aromatic carbocycles. The van der Waals surface area contributed by atoms with Gasteiger partial charge in [-0.3, -0.25) is 19.2 Å². The SMILES string of the molecule is CCCNC(=O)c1ccccc1NC(=O)C1CCN(C(=O)C2CC(=O)N(C(C)(C)C)C2)CC1. The first-order chi connectivity index (χ1) is 15.6. The molecule has 1 atom stereocenters. The van der Waals surface area contributed by atoms with Gasteiger partial charge in [0.2, 0.25) is 17.7 Å². The maximum Gasteiger partial charge on any atom is 0.253 e. The summed E-state index contributed by atoms with van der Waals surface area (Å²) in [5, 5.41) is 5.75. The van der Waals surface area contributed by atoms with Crippen molar-refractivity contribution in [1.82, 2.24) is 15.1 Å². The molecule has 2 fully saturated rings. The summed E-state index contributed by atoms with van der Waals surface area (Å²) in [7, 11) is 0. The first kappa shape index (κ1) is 24.7. The lowest BCUT2D eigenvalue weighted by Gasteiger charge is -2.34. The number of anilines is 1. The van der Waals surface area contributed by atoms with Gasteiger partial charge in [0.1, 0.15) is 0 Å². The molecule has 0 aromatic heterocycles. The minimum atomic E-state index is -0.310. The van der Waals surface area contributed by atoms with Gasteiger partial charge in [0, 0.05) is 44.1 Å². The molecule has 0 radical (unpaired) electrons. The Balaban J connectivity index is 1.54. The number of benzene rings is 1. The fourth-order valence-corrected chi connectivity index (χ4v) is 4.50. The van der Waals surface area contributed by atoms with Crippen LogP contribution in [0, 0.1) is 11.8 Å². The molecule has 2 N–H and O–H groups in total. The van der Waals surface area contributed by atoms with Gasteiger partial charge in [-0.15, -0.1) is 0 Å². The zero-order valence-electron chi connectivity index (χ0n) is 20.1. The summed E-state index contributed by atoms with van der Waals surface area (Å²) in [6, 6.07) is 6.99. The number of hydrogen-bond donors (Lipinski definition) is 2. The van der Waals surface area contributed by atoms with Gasteiger partial charge >= 0.3 is 0 Å². The number of piperidine rings is 1. The van der Waals surface area contributed by atoms with Crippen LogP contribution < -0.4 is 10.6 Å². The van der Waals surface area contributed by atoms with E-state index in [2.05, 4.69) is 10.6 Å². The summed E-state index contributed by atoms with van der Waals surface area (Å²) in [6.45, 7) is 9.95. The number of carbonyl (C=O) groups excluding carboxylic acids is 4. The number of amides is 4. The van der Waals surface area contributed by atoms with E-state index in [1.54, 1.807) is 34.1 Å². The van der Waals surface area contributed by atoms with Crippen LogP contribution in [0.15, 0.2) is 24.3 Å². The molecule has 3 rings (SSSR count). The quantitative estimate of drug-likeness (QED) is 0.687. The van der Waals surface area contributed by atoms with E-state index in [9.17, 15) is 19.2 Å². The molecule has 1 aromatic rings. The second-order valence-corrected chi connectivity index (χ2v) is 9.97. The molecule has 4 amide bonds. The smallest absolute Gasteiger partial charge is 0.253 e. The van der Waals surface area contributed by atoms with Crippen LogP contribution in [0.5, 0.6) is 0 Å². The van der Waals surface area contributed by atoms with Crippen LogP contribution >= 0.6 is 0 Å². The van der Waals surface area contributed by atoms with Gasteiger partial charge in [-0.05, 0) is 52.2 Å². The highest BCUT2D eigenvalue weighted by Gasteiger charge is 2.41. The molecule has 2 heterocycles.